The summed E-state index contributed by atoms with van der Waals surface area (Å²) in [7, 11) is 0. The molecule has 1 amide bonds. The van der Waals surface area contributed by atoms with E-state index in [9.17, 15) is 4.79 Å². The average molecular weight is 296 g/mol. The predicted octanol–water partition coefficient (Wildman–Crippen LogP) is 3.45. The van der Waals surface area contributed by atoms with Crippen molar-refractivity contribution in [1.82, 2.24) is 5.32 Å². The monoisotopic (exact) mass is 296 g/mol. The predicted molar refractivity (Wildman–Crippen MR) is 86.6 cm³/mol. The molecular formula is C16H28N2OS. The fourth-order valence-corrected chi connectivity index (χ4v) is 3.99. The Balaban J connectivity index is 1.95. The molecule has 2 aliphatic rings. The summed E-state index contributed by atoms with van der Waals surface area (Å²) in [5.41, 5.74) is 5.58. The fourth-order valence-electron chi connectivity index (χ4n) is 3.74. The molecule has 0 aromatic rings. The van der Waals surface area contributed by atoms with Crippen molar-refractivity contribution in [2.45, 2.75) is 82.6 Å². The molecule has 2 aliphatic carbocycles. The maximum atomic E-state index is 12.3. The molecule has 0 spiro atoms. The number of amides is 1. The van der Waals surface area contributed by atoms with Crippen LogP contribution >= 0.6 is 12.2 Å². The molecule has 4 heteroatoms. The van der Waals surface area contributed by atoms with E-state index < -0.39 is 5.54 Å². The minimum absolute atomic E-state index is 0.158. The molecule has 0 saturated heterocycles. The van der Waals surface area contributed by atoms with E-state index in [1.807, 2.05) is 0 Å². The van der Waals surface area contributed by atoms with Gasteiger partial charge in [0.2, 0.25) is 5.91 Å². The molecule has 0 unspecified atom stereocenters. The number of nitrogens with one attached hydrogen (secondary N) is 1. The number of nitrogens with two attached hydrogens (primary N) is 1. The lowest BCUT2D eigenvalue weighted by atomic mass is 9.83. The second-order valence-corrected chi connectivity index (χ2v) is 7.06. The van der Waals surface area contributed by atoms with Crippen LogP contribution < -0.4 is 11.1 Å². The standard InChI is InChI=1S/C16H28N2OS/c17-15(20)16(10-6-2-1-3-7-11-16)18-14(19)12-13-8-4-5-9-13/h13H,1-12H2,(H2,17,20)(H,18,19). The van der Waals surface area contributed by atoms with E-state index in [0.29, 0.717) is 17.3 Å². The Bertz CT molecular complexity index is 342. The van der Waals surface area contributed by atoms with Crippen molar-refractivity contribution >= 4 is 23.1 Å². The molecule has 0 radical (unpaired) electrons. The largest absolute Gasteiger partial charge is 0.391 e. The third-order valence-electron chi connectivity index (χ3n) is 5.01. The van der Waals surface area contributed by atoms with Crippen molar-refractivity contribution in [3.63, 3.8) is 0 Å². The first-order valence-electron chi connectivity index (χ1n) is 8.23. The molecule has 0 heterocycles. The van der Waals surface area contributed by atoms with Gasteiger partial charge in [-0.15, -0.1) is 0 Å². The number of hydrogen-bond donors (Lipinski definition) is 2. The summed E-state index contributed by atoms with van der Waals surface area (Å²) in [5, 5.41) is 3.22. The number of hydrogen-bond acceptors (Lipinski definition) is 2. The van der Waals surface area contributed by atoms with Gasteiger partial charge in [0, 0.05) is 6.42 Å². The highest BCUT2D eigenvalue weighted by Crippen LogP contribution is 2.30. The van der Waals surface area contributed by atoms with Gasteiger partial charge in [-0.3, -0.25) is 4.79 Å². The van der Waals surface area contributed by atoms with Gasteiger partial charge < -0.3 is 11.1 Å². The summed E-state index contributed by atoms with van der Waals surface area (Å²) >= 11 is 5.30. The molecule has 20 heavy (non-hydrogen) atoms. The van der Waals surface area contributed by atoms with Crippen LogP contribution in [0.5, 0.6) is 0 Å². The molecule has 0 aromatic carbocycles. The van der Waals surface area contributed by atoms with Crippen molar-refractivity contribution in [2.75, 3.05) is 0 Å². The third-order valence-corrected chi connectivity index (χ3v) is 5.40. The molecular weight excluding hydrogens is 268 g/mol. The topological polar surface area (TPSA) is 55.1 Å². The van der Waals surface area contributed by atoms with Gasteiger partial charge >= 0.3 is 0 Å². The Labute approximate surface area is 128 Å². The van der Waals surface area contributed by atoms with E-state index in [-0.39, 0.29) is 5.91 Å². The van der Waals surface area contributed by atoms with Crippen LogP contribution in [0.4, 0.5) is 0 Å². The van der Waals surface area contributed by atoms with Crippen LogP contribution in [0.3, 0.4) is 0 Å². The quantitative estimate of drug-likeness (QED) is 0.781. The van der Waals surface area contributed by atoms with Gasteiger partial charge in [-0.05, 0) is 31.6 Å². The molecule has 3 N–H and O–H groups in total. The zero-order valence-electron chi connectivity index (χ0n) is 12.5. The molecule has 114 valence electrons. The Morgan fingerprint density at radius 1 is 1.05 bits per heavy atom. The molecule has 0 aliphatic heterocycles. The summed E-state index contributed by atoms with van der Waals surface area (Å²) in [6.45, 7) is 0. The molecule has 2 fully saturated rings. The van der Waals surface area contributed by atoms with Crippen LogP contribution in [0.25, 0.3) is 0 Å². The molecule has 0 aromatic heterocycles. The van der Waals surface area contributed by atoms with Crippen LogP contribution in [0, 0.1) is 5.92 Å². The van der Waals surface area contributed by atoms with Crippen molar-refractivity contribution in [3.05, 3.63) is 0 Å². The van der Waals surface area contributed by atoms with Crippen molar-refractivity contribution in [3.8, 4) is 0 Å². The van der Waals surface area contributed by atoms with Crippen LogP contribution in [-0.2, 0) is 4.79 Å². The average Bonchev–Trinajstić information content (AvgIpc) is 2.85. The lowest BCUT2D eigenvalue weighted by Gasteiger charge is -2.35. The van der Waals surface area contributed by atoms with Gasteiger partial charge in [0.25, 0.3) is 0 Å². The third kappa shape index (κ3) is 4.18. The SMILES string of the molecule is NC(=S)C1(NC(=O)CC2CCCC2)CCCCCCC1. The summed E-state index contributed by atoms with van der Waals surface area (Å²) in [6, 6.07) is 0. The van der Waals surface area contributed by atoms with Gasteiger partial charge in [0.1, 0.15) is 0 Å². The maximum absolute atomic E-state index is 12.3. The minimum atomic E-state index is -0.411. The van der Waals surface area contributed by atoms with E-state index >= 15 is 0 Å². The van der Waals surface area contributed by atoms with E-state index in [4.69, 9.17) is 18.0 Å². The van der Waals surface area contributed by atoms with Gasteiger partial charge in [0.05, 0.1) is 10.5 Å². The lowest BCUT2D eigenvalue weighted by Crippen LogP contribution is -2.57. The first-order valence-corrected chi connectivity index (χ1v) is 8.64. The van der Waals surface area contributed by atoms with E-state index in [0.717, 1.165) is 25.7 Å². The Morgan fingerprint density at radius 3 is 2.15 bits per heavy atom. The number of thiocarbonyl (C=S) groups is 1. The smallest absolute Gasteiger partial charge is 0.221 e. The molecule has 0 bridgehead atoms. The van der Waals surface area contributed by atoms with Gasteiger partial charge in [-0.2, -0.15) is 0 Å². The Kier molecular flexibility index (Phi) is 5.82. The molecule has 2 saturated carbocycles. The van der Waals surface area contributed by atoms with Crippen molar-refractivity contribution in [1.29, 1.82) is 0 Å². The summed E-state index contributed by atoms with van der Waals surface area (Å²) < 4.78 is 0. The zero-order valence-corrected chi connectivity index (χ0v) is 13.3. The number of rotatable bonds is 4. The molecule has 2 rings (SSSR count). The molecule has 3 nitrogen and oxygen atoms in total. The van der Waals surface area contributed by atoms with Gasteiger partial charge in [-0.25, -0.2) is 0 Å². The zero-order chi connectivity index (χ0) is 14.4. The number of carbonyl (C=O) groups is 1. The van der Waals surface area contributed by atoms with Gasteiger partial charge in [-0.1, -0.05) is 57.2 Å². The lowest BCUT2D eigenvalue weighted by molar-refractivity contribution is -0.123. The first-order chi connectivity index (χ1) is 9.62. The number of carbonyl (C=O) groups excluding carboxylic acids is 1. The van der Waals surface area contributed by atoms with Crippen molar-refractivity contribution < 1.29 is 4.79 Å². The second-order valence-electron chi connectivity index (χ2n) is 6.62. The Morgan fingerprint density at radius 2 is 1.60 bits per heavy atom. The normalized spacial score (nSPS) is 23.8. The first kappa shape index (κ1) is 15.7. The summed E-state index contributed by atoms with van der Waals surface area (Å²) in [5.74, 6) is 0.734. The van der Waals surface area contributed by atoms with E-state index in [1.165, 1.54) is 44.9 Å². The fraction of sp³-hybridized carbons (Fsp3) is 0.875. The second kappa shape index (κ2) is 7.39. The van der Waals surface area contributed by atoms with Crippen molar-refractivity contribution in [2.24, 2.45) is 11.7 Å². The van der Waals surface area contributed by atoms with Crippen LogP contribution in [-0.4, -0.2) is 16.4 Å². The van der Waals surface area contributed by atoms with E-state index in [1.54, 1.807) is 0 Å². The Hall–Kier alpha value is -0.640. The minimum Gasteiger partial charge on any atom is -0.391 e. The van der Waals surface area contributed by atoms with Crippen LogP contribution in [0.15, 0.2) is 0 Å². The van der Waals surface area contributed by atoms with Crippen LogP contribution in [0.2, 0.25) is 0 Å². The highest BCUT2D eigenvalue weighted by atomic mass is 32.1. The highest BCUT2D eigenvalue weighted by molar-refractivity contribution is 7.80. The summed E-state index contributed by atoms with van der Waals surface area (Å²) in [4.78, 5) is 12.8. The van der Waals surface area contributed by atoms with Gasteiger partial charge in [0.15, 0.2) is 0 Å². The maximum Gasteiger partial charge on any atom is 0.221 e. The van der Waals surface area contributed by atoms with E-state index in [2.05, 4.69) is 5.32 Å². The molecule has 0 atom stereocenters. The summed E-state index contributed by atoms with van der Waals surface area (Å²) in [6.07, 6.45) is 13.4. The van der Waals surface area contributed by atoms with Crippen LogP contribution in [0.1, 0.15) is 77.0 Å². The highest BCUT2D eigenvalue weighted by Gasteiger charge is 2.35.